The van der Waals surface area contributed by atoms with Crippen LogP contribution in [-0.4, -0.2) is 15.0 Å². The van der Waals surface area contributed by atoms with Crippen LogP contribution in [-0.2, 0) is 0 Å². The number of hydrogen-bond acceptors (Lipinski definition) is 2. The summed E-state index contributed by atoms with van der Waals surface area (Å²) >= 11 is 5.82. The van der Waals surface area contributed by atoms with E-state index in [-0.39, 0.29) is 0 Å². The molecule has 2 aromatic rings. The van der Waals surface area contributed by atoms with Gasteiger partial charge in [0.15, 0.2) is 5.65 Å². The van der Waals surface area contributed by atoms with Crippen molar-refractivity contribution < 1.29 is 0 Å². The van der Waals surface area contributed by atoms with Crippen molar-refractivity contribution in [1.29, 1.82) is 0 Å². The lowest BCUT2D eigenvalue weighted by Gasteiger charge is -2.02. The Labute approximate surface area is 92.9 Å². The predicted octanol–water partition coefficient (Wildman–Crippen LogP) is 3.27. The van der Waals surface area contributed by atoms with E-state index in [0.717, 1.165) is 17.0 Å². The molecule has 3 nitrogen and oxygen atoms in total. The van der Waals surface area contributed by atoms with Gasteiger partial charge in [0.1, 0.15) is 11.0 Å². The van der Waals surface area contributed by atoms with Crippen LogP contribution in [0, 0.1) is 0 Å². The summed E-state index contributed by atoms with van der Waals surface area (Å²) in [6, 6.07) is 3.73. The number of H-pyrrole nitrogens is 1. The highest BCUT2D eigenvalue weighted by Crippen LogP contribution is 2.33. The number of nitrogens with zero attached hydrogens (tertiary/aromatic N) is 2. The van der Waals surface area contributed by atoms with Gasteiger partial charge in [0.05, 0.1) is 5.52 Å². The Hall–Kier alpha value is -1.09. The molecular formula is C11H12ClN3. The number of pyridine rings is 1. The van der Waals surface area contributed by atoms with Crippen LogP contribution in [0.4, 0.5) is 0 Å². The minimum Gasteiger partial charge on any atom is -0.340 e. The van der Waals surface area contributed by atoms with Crippen molar-refractivity contribution in [3.8, 4) is 0 Å². The van der Waals surface area contributed by atoms with Gasteiger partial charge in [-0.2, -0.15) is 0 Å². The number of fused-ring (bicyclic) bond motifs is 1. The van der Waals surface area contributed by atoms with E-state index in [2.05, 4.69) is 15.0 Å². The number of nitrogens with one attached hydrogen (secondary N) is 1. The largest absolute Gasteiger partial charge is 0.340 e. The lowest BCUT2D eigenvalue weighted by Crippen LogP contribution is -1.94. The topological polar surface area (TPSA) is 41.6 Å². The monoisotopic (exact) mass is 221 g/mol. The first kappa shape index (κ1) is 9.16. The molecule has 1 saturated carbocycles. The molecule has 1 fully saturated rings. The van der Waals surface area contributed by atoms with Gasteiger partial charge in [-0.05, 0) is 25.0 Å². The third-order valence-corrected chi connectivity index (χ3v) is 3.28. The van der Waals surface area contributed by atoms with Gasteiger partial charge >= 0.3 is 0 Å². The Balaban J connectivity index is 2.05. The Morgan fingerprint density at radius 1 is 1.20 bits per heavy atom. The lowest BCUT2D eigenvalue weighted by molar-refractivity contribution is 0.681. The third-order valence-electron chi connectivity index (χ3n) is 3.07. The summed E-state index contributed by atoms with van der Waals surface area (Å²) < 4.78 is 0. The molecule has 0 saturated heterocycles. The lowest BCUT2D eigenvalue weighted by atomic mass is 10.1. The van der Waals surface area contributed by atoms with Crippen LogP contribution in [0.2, 0.25) is 5.15 Å². The zero-order valence-corrected chi connectivity index (χ0v) is 9.09. The molecule has 0 aromatic carbocycles. The number of halogens is 1. The van der Waals surface area contributed by atoms with Crippen LogP contribution in [0.15, 0.2) is 12.1 Å². The van der Waals surface area contributed by atoms with E-state index in [9.17, 15) is 0 Å². The highest BCUT2D eigenvalue weighted by Gasteiger charge is 2.20. The van der Waals surface area contributed by atoms with E-state index < -0.39 is 0 Å². The number of aromatic nitrogens is 3. The number of imidazole rings is 1. The summed E-state index contributed by atoms with van der Waals surface area (Å²) in [5.41, 5.74) is 1.73. The molecule has 15 heavy (non-hydrogen) atoms. The minimum atomic E-state index is 0.506. The van der Waals surface area contributed by atoms with Crippen molar-refractivity contribution in [1.82, 2.24) is 15.0 Å². The molecule has 1 aliphatic carbocycles. The zero-order valence-electron chi connectivity index (χ0n) is 8.33. The van der Waals surface area contributed by atoms with Gasteiger partial charge in [0.2, 0.25) is 0 Å². The van der Waals surface area contributed by atoms with Crippen LogP contribution < -0.4 is 0 Å². The van der Waals surface area contributed by atoms with Crippen molar-refractivity contribution >= 4 is 22.8 Å². The molecule has 2 heterocycles. The molecule has 0 spiro atoms. The van der Waals surface area contributed by atoms with E-state index in [0.29, 0.717) is 11.1 Å². The van der Waals surface area contributed by atoms with Crippen LogP contribution in [0.5, 0.6) is 0 Å². The van der Waals surface area contributed by atoms with Gasteiger partial charge in [-0.25, -0.2) is 9.97 Å². The first-order valence-electron chi connectivity index (χ1n) is 5.35. The smallest absolute Gasteiger partial charge is 0.179 e. The molecule has 0 unspecified atom stereocenters. The summed E-state index contributed by atoms with van der Waals surface area (Å²) in [6.45, 7) is 0. The van der Waals surface area contributed by atoms with Crippen LogP contribution in [0.1, 0.15) is 37.4 Å². The third kappa shape index (κ3) is 1.61. The maximum atomic E-state index is 5.82. The van der Waals surface area contributed by atoms with Crippen LogP contribution in [0.3, 0.4) is 0 Å². The highest BCUT2D eigenvalue weighted by molar-refractivity contribution is 6.29. The van der Waals surface area contributed by atoms with Gasteiger partial charge in [0, 0.05) is 5.92 Å². The first-order valence-corrected chi connectivity index (χ1v) is 5.73. The van der Waals surface area contributed by atoms with Gasteiger partial charge in [-0.3, -0.25) is 0 Å². The van der Waals surface area contributed by atoms with E-state index >= 15 is 0 Å². The fourth-order valence-corrected chi connectivity index (χ4v) is 2.42. The van der Waals surface area contributed by atoms with Crippen molar-refractivity contribution in [2.75, 3.05) is 0 Å². The number of aromatic amines is 1. The minimum absolute atomic E-state index is 0.506. The average molecular weight is 222 g/mol. The molecule has 1 aliphatic rings. The second-order valence-corrected chi connectivity index (χ2v) is 4.50. The molecule has 0 bridgehead atoms. The molecule has 0 atom stereocenters. The summed E-state index contributed by atoms with van der Waals surface area (Å²) in [4.78, 5) is 12.0. The van der Waals surface area contributed by atoms with Gasteiger partial charge in [-0.15, -0.1) is 0 Å². The first-order chi connectivity index (χ1) is 7.33. The molecule has 1 N–H and O–H groups in total. The molecule has 4 heteroatoms. The summed E-state index contributed by atoms with van der Waals surface area (Å²) in [6.07, 6.45) is 5.12. The van der Waals surface area contributed by atoms with Crippen molar-refractivity contribution in [2.24, 2.45) is 0 Å². The number of rotatable bonds is 1. The van der Waals surface area contributed by atoms with Crippen LogP contribution in [0.25, 0.3) is 11.2 Å². The molecular weight excluding hydrogens is 210 g/mol. The second kappa shape index (κ2) is 3.49. The maximum Gasteiger partial charge on any atom is 0.179 e. The molecule has 0 aliphatic heterocycles. The maximum absolute atomic E-state index is 5.82. The Morgan fingerprint density at radius 2 is 2.00 bits per heavy atom. The van der Waals surface area contributed by atoms with E-state index in [1.54, 1.807) is 6.07 Å². The fraction of sp³-hybridized carbons (Fsp3) is 0.455. The standard InChI is InChI=1S/C11H12ClN3/c12-9-6-5-8-11(14-9)15-10(13-8)7-3-1-2-4-7/h5-7H,1-4H2,(H,13,14,15). The molecule has 2 aromatic heterocycles. The average Bonchev–Trinajstić information content (AvgIpc) is 2.84. The van der Waals surface area contributed by atoms with Crippen molar-refractivity contribution in [3.05, 3.63) is 23.1 Å². The predicted molar refractivity (Wildman–Crippen MR) is 60.1 cm³/mol. The number of hydrogen-bond donors (Lipinski definition) is 1. The van der Waals surface area contributed by atoms with E-state index in [1.165, 1.54) is 25.7 Å². The van der Waals surface area contributed by atoms with Crippen molar-refractivity contribution in [3.63, 3.8) is 0 Å². The van der Waals surface area contributed by atoms with Gasteiger partial charge < -0.3 is 4.98 Å². The summed E-state index contributed by atoms with van der Waals surface area (Å²) in [5, 5.41) is 0.506. The van der Waals surface area contributed by atoms with Gasteiger partial charge in [-0.1, -0.05) is 24.4 Å². The Kier molecular flexibility index (Phi) is 2.13. The SMILES string of the molecule is Clc1ccc2[nH]c(C3CCCC3)nc2n1. The van der Waals surface area contributed by atoms with Crippen LogP contribution >= 0.6 is 11.6 Å². The normalized spacial score (nSPS) is 17.7. The Bertz CT molecular complexity index is 486. The van der Waals surface area contributed by atoms with Gasteiger partial charge in [0.25, 0.3) is 0 Å². The highest BCUT2D eigenvalue weighted by atomic mass is 35.5. The summed E-state index contributed by atoms with van der Waals surface area (Å²) in [5.74, 6) is 1.68. The Morgan fingerprint density at radius 3 is 2.80 bits per heavy atom. The second-order valence-electron chi connectivity index (χ2n) is 4.11. The van der Waals surface area contributed by atoms with E-state index in [4.69, 9.17) is 11.6 Å². The fourth-order valence-electron chi connectivity index (χ4n) is 2.28. The molecule has 3 rings (SSSR count). The summed E-state index contributed by atoms with van der Waals surface area (Å²) in [7, 11) is 0. The quantitative estimate of drug-likeness (QED) is 0.751. The van der Waals surface area contributed by atoms with E-state index in [1.807, 2.05) is 6.07 Å². The zero-order chi connectivity index (χ0) is 10.3. The molecule has 0 amide bonds. The molecule has 78 valence electrons. The van der Waals surface area contributed by atoms with Crippen molar-refractivity contribution in [2.45, 2.75) is 31.6 Å². The molecule has 0 radical (unpaired) electrons.